The van der Waals surface area contributed by atoms with E-state index >= 15 is 0 Å². The summed E-state index contributed by atoms with van der Waals surface area (Å²) in [6.45, 7) is 9.45. The molecule has 1 aliphatic rings. The molecule has 0 spiro atoms. The van der Waals surface area contributed by atoms with Gasteiger partial charge in [0.15, 0.2) is 5.82 Å². The molecule has 1 fully saturated rings. The second-order valence-electron chi connectivity index (χ2n) is 6.92. The fourth-order valence-electron chi connectivity index (χ4n) is 2.57. The molecule has 1 aromatic heterocycles. The Bertz CT molecular complexity index is 500. The maximum absolute atomic E-state index is 12.0. The lowest BCUT2D eigenvalue weighted by atomic mass is 9.96. The van der Waals surface area contributed by atoms with Crippen LogP contribution in [-0.2, 0) is 16.8 Å². The fraction of sp³-hybridized carbons (Fsp3) is 0.800. The normalized spacial score (nSPS) is 19.2. The van der Waals surface area contributed by atoms with Gasteiger partial charge < -0.3 is 15.6 Å². The van der Waals surface area contributed by atoms with Crippen molar-refractivity contribution in [2.45, 2.75) is 45.6 Å². The molecule has 0 saturated carbocycles. The Morgan fingerprint density at radius 3 is 2.83 bits per heavy atom. The van der Waals surface area contributed by atoms with Crippen molar-refractivity contribution in [1.82, 2.24) is 20.4 Å². The molecule has 23 heavy (non-hydrogen) atoms. The summed E-state index contributed by atoms with van der Waals surface area (Å²) in [6.07, 6.45) is 1.92. The number of rotatable bonds is 5. The number of amides is 1. The first-order valence-corrected chi connectivity index (χ1v) is 7.93. The first-order valence-electron chi connectivity index (χ1n) is 7.93. The van der Waals surface area contributed by atoms with Crippen molar-refractivity contribution < 1.29 is 9.32 Å². The van der Waals surface area contributed by atoms with Crippen LogP contribution >= 0.6 is 12.4 Å². The lowest BCUT2D eigenvalue weighted by Crippen LogP contribution is -2.43. The van der Waals surface area contributed by atoms with E-state index in [1.165, 1.54) is 0 Å². The van der Waals surface area contributed by atoms with Gasteiger partial charge in [-0.3, -0.25) is 9.69 Å². The van der Waals surface area contributed by atoms with Gasteiger partial charge in [0.1, 0.15) is 0 Å². The van der Waals surface area contributed by atoms with Crippen LogP contribution in [0.25, 0.3) is 0 Å². The number of nitrogens with zero attached hydrogens (tertiary/aromatic N) is 3. The molecule has 1 aromatic rings. The summed E-state index contributed by atoms with van der Waals surface area (Å²) in [6, 6.07) is 0. The molecular formula is C15H28ClN5O2. The zero-order valence-electron chi connectivity index (χ0n) is 14.2. The van der Waals surface area contributed by atoms with Crippen molar-refractivity contribution in [1.29, 1.82) is 0 Å². The van der Waals surface area contributed by atoms with Gasteiger partial charge in [-0.1, -0.05) is 25.9 Å². The summed E-state index contributed by atoms with van der Waals surface area (Å²) in [5.74, 6) is 1.45. The molecule has 7 nitrogen and oxygen atoms in total. The molecular weight excluding hydrogens is 318 g/mol. The number of hydrogen-bond acceptors (Lipinski definition) is 6. The molecule has 1 unspecified atom stereocenters. The number of carbonyl (C=O) groups is 1. The van der Waals surface area contributed by atoms with E-state index in [2.05, 4.69) is 41.1 Å². The Hall–Kier alpha value is -1.18. The molecule has 2 rings (SSSR count). The molecule has 0 radical (unpaired) electrons. The van der Waals surface area contributed by atoms with Crippen LogP contribution in [0.3, 0.4) is 0 Å². The minimum absolute atomic E-state index is 0. The summed E-state index contributed by atoms with van der Waals surface area (Å²) >= 11 is 0. The second-order valence-corrected chi connectivity index (χ2v) is 6.92. The van der Waals surface area contributed by atoms with Crippen LogP contribution in [0.5, 0.6) is 0 Å². The largest absolute Gasteiger partial charge is 0.355 e. The fourth-order valence-corrected chi connectivity index (χ4v) is 2.57. The van der Waals surface area contributed by atoms with Gasteiger partial charge >= 0.3 is 0 Å². The predicted octanol–water partition coefficient (Wildman–Crippen LogP) is 1.08. The predicted molar refractivity (Wildman–Crippen MR) is 90.3 cm³/mol. The van der Waals surface area contributed by atoms with Gasteiger partial charge in [0.25, 0.3) is 0 Å². The van der Waals surface area contributed by atoms with Crippen molar-refractivity contribution in [3.8, 4) is 0 Å². The molecule has 0 aliphatic carbocycles. The highest BCUT2D eigenvalue weighted by atomic mass is 35.5. The summed E-state index contributed by atoms with van der Waals surface area (Å²) in [5.41, 5.74) is 5.30. The van der Waals surface area contributed by atoms with Gasteiger partial charge in [-0.25, -0.2) is 0 Å². The van der Waals surface area contributed by atoms with Crippen molar-refractivity contribution in [3.05, 3.63) is 11.7 Å². The Morgan fingerprint density at radius 2 is 2.22 bits per heavy atom. The number of hydrogen-bond donors (Lipinski definition) is 2. The molecule has 0 aromatic carbocycles. The van der Waals surface area contributed by atoms with Crippen molar-refractivity contribution in [2.24, 2.45) is 11.7 Å². The molecule has 8 heteroatoms. The smallest absolute Gasteiger partial charge is 0.240 e. The third-order valence-corrected chi connectivity index (χ3v) is 3.82. The summed E-state index contributed by atoms with van der Waals surface area (Å²) in [4.78, 5) is 18.7. The quantitative estimate of drug-likeness (QED) is 0.828. The summed E-state index contributed by atoms with van der Waals surface area (Å²) < 4.78 is 5.33. The number of nitrogens with two attached hydrogens (primary N) is 1. The Balaban J connectivity index is 0.00000264. The van der Waals surface area contributed by atoms with Gasteiger partial charge in [-0.15, -0.1) is 12.4 Å². The zero-order valence-corrected chi connectivity index (χ0v) is 15.0. The van der Waals surface area contributed by atoms with Crippen molar-refractivity contribution in [2.75, 3.05) is 26.2 Å². The highest BCUT2D eigenvalue weighted by Gasteiger charge is 2.27. The Kier molecular flexibility index (Phi) is 7.44. The zero-order chi connectivity index (χ0) is 16.2. The van der Waals surface area contributed by atoms with E-state index in [1.807, 2.05) is 0 Å². The Labute approximate surface area is 143 Å². The average Bonchev–Trinajstić information content (AvgIpc) is 2.93. The van der Waals surface area contributed by atoms with Gasteiger partial charge in [-0.2, -0.15) is 4.98 Å². The highest BCUT2D eigenvalue weighted by Crippen LogP contribution is 2.21. The molecule has 132 valence electrons. The van der Waals surface area contributed by atoms with Gasteiger partial charge in [0.05, 0.1) is 12.5 Å². The topological polar surface area (TPSA) is 97.3 Å². The summed E-state index contributed by atoms with van der Waals surface area (Å²) in [7, 11) is 0. The number of carbonyl (C=O) groups excluding carboxylic acids is 1. The monoisotopic (exact) mass is 345 g/mol. The molecule has 0 bridgehead atoms. The van der Waals surface area contributed by atoms with E-state index in [1.54, 1.807) is 0 Å². The second kappa shape index (κ2) is 8.61. The van der Waals surface area contributed by atoms with Gasteiger partial charge in [0.2, 0.25) is 11.8 Å². The van der Waals surface area contributed by atoms with E-state index in [-0.39, 0.29) is 29.6 Å². The molecule has 1 aliphatic heterocycles. The SMILES string of the molecule is CC(C)(C)c1noc(CN2CCCC(C(=O)NCCN)C2)n1.Cl. The van der Waals surface area contributed by atoms with Crippen LogP contribution < -0.4 is 11.1 Å². The van der Waals surface area contributed by atoms with Crippen LogP contribution in [-0.4, -0.2) is 47.1 Å². The van der Waals surface area contributed by atoms with Crippen LogP contribution in [0.4, 0.5) is 0 Å². The van der Waals surface area contributed by atoms with Gasteiger partial charge in [0, 0.05) is 25.0 Å². The van der Waals surface area contributed by atoms with E-state index in [4.69, 9.17) is 10.3 Å². The molecule has 1 saturated heterocycles. The van der Waals surface area contributed by atoms with Crippen LogP contribution in [0.1, 0.15) is 45.3 Å². The molecule has 1 atom stereocenters. The Morgan fingerprint density at radius 1 is 1.48 bits per heavy atom. The van der Waals surface area contributed by atoms with Crippen molar-refractivity contribution >= 4 is 18.3 Å². The number of likely N-dealkylation sites (tertiary alicyclic amines) is 1. The standard InChI is InChI=1S/C15H27N5O2.ClH/c1-15(2,3)14-18-12(22-19-14)10-20-8-4-5-11(9-20)13(21)17-7-6-16;/h11H,4-10,16H2,1-3H3,(H,17,21);1H. The van der Waals surface area contributed by atoms with Crippen LogP contribution in [0.2, 0.25) is 0 Å². The molecule has 3 N–H and O–H groups in total. The van der Waals surface area contributed by atoms with Gasteiger partial charge in [-0.05, 0) is 19.4 Å². The maximum atomic E-state index is 12.0. The summed E-state index contributed by atoms with van der Waals surface area (Å²) in [5, 5.41) is 6.91. The third kappa shape index (κ3) is 5.75. The van der Waals surface area contributed by atoms with Crippen LogP contribution in [0, 0.1) is 5.92 Å². The third-order valence-electron chi connectivity index (χ3n) is 3.82. The number of piperidine rings is 1. The van der Waals surface area contributed by atoms with E-state index in [9.17, 15) is 4.79 Å². The average molecular weight is 346 g/mol. The minimum Gasteiger partial charge on any atom is -0.355 e. The highest BCUT2D eigenvalue weighted by molar-refractivity contribution is 5.85. The van der Waals surface area contributed by atoms with E-state index in [0.29, 0.717) is 25.5 Å². The first-order chi connectivity index (χ1) is 10.4. The first kappa shape index (κ1) is 19.9. The lowest BCUT2D eigenvalue weighted by molar-refractivity contribution is -0.126. The number of aromatic nitrogens is 2. The number of nitrogens with one attached hydrogen (secondary N) is 1. The van der Waals surface area contributed by atoms with E-state index < -0.39 is 0 Å². The minimum atomic E-state index is -0.117. The van der Waals surface area contributed by atoms with E-state index in [0.717, 1.165) is 31.8 Å². The van der Waals surface area contributed by atoms with Crippen LogP contribution in [0.15, 0.2) is 4.52 Å². The molecule has 2 heterocycles. The molecule has 1 amide bonds. The number of halogens is 1. The van der Waals surface area contributed by atoms with Crippen molar-refractivity contribution in [3.63, 3.8) is 0 Å². The lowest BCUT2D eigenvalue weighted by Gasteiger charge is -2.30. The maximum Gasteiger partial charge on any atom is 0.240 e.